The molecule has 3 rings (SSSR count). The van der Waals surface area contributed by atoms with Gasteiger partial charge in [-0.1, -0.05) is 0 Å². The van der Waals surface area contributed by atoms with Crippen LogP contribution in [0.1, 0.15) is 25.7 Å². The summed E-state index contributed by atoms with van der Waals surface area (Å²) in [4.78, 5) is 0. The van der Waals surface area contributed by atoms with Crippen molar-refractivity contribution in [2.45, 2.75) is 43.7 Å². The summed E-state index contributed by atoms with van der Waals surface area (Å²) < 4.78 is 17.5. The fourth-order valence-electron chi connectivity index (χ4n) is 3.12. The predicted octanol–water partition coefficient (Wildman–Crippen LogP) is 0.646. The number of hydrogen-bond acceptors (Lipinski definition) is 4. The third-order valence-corrected chi connectivity index (χ3v) is 3.95. The van der Waals surface area contributed by atoms with Gasteiger partial charge in [0.15, 0.2) is 5.79 Å². The van der Waals surface area contributed by atoms with Gasteiger partial charge in [-0.2, -0.15) is 0 Å². The summed E-state index contributed by atoms with van der Waals surface area (Å²) in [5.41, 5.74) is 5.67. The number of nitrogens with two attached hydrogens (primary N) is 1. The molecule has 2 N–H and O–H groups in total. The minimum absolute atomic E-state index is 0.203. The van der Waals surface area contributed by atoms with Crippen molar-refractivity contribution in [2.75, 3.05) is 19.8 Å². The standard InChI is InChI=1S/C11H19NO3/c12-6-9-8-2-4-11(3-1-5-14-11)15-10(8)7-13-9/h8-10H,1-7,12H2. The molecule has 4 atom stereocenters. The van der Waals surface area contributed by atoms with Gasteiger partial charge in [0.1, 0.15) is 0 Å². The smallest absolute Gasteiger partial charge is 0.168 e. The number of fused-ring (bicyclic) bond motifs is 1. The van der Waals surface area contributed by atoms with Crippen LogP contribution in [-0.2, 0) is 14.2 Å². The Balaban J connectivity index is 1.70. The molecule has 3 fully saturated rings. The van der Waals surface area contributed by atoms with Gasteiger partial charge < -0.3 is 19.9 Å². The van der Waals surface area contributed by atoms with Crippen LogP contribution in [0.5, 0.6) is 0 Å². The molecule has 0 aromatic heterocycles. The first-order chi connectivity index (χ1) is 7.33. The molecule has 0 aliphatic carbocycles. The Bertz CT molecular complexity index is 240. The minimum Gasteiger partial charge on any atom is -0.374 e. The quantitative estimate of drug-likeness (QED) is 0.694. The van der Waals surface area contributed by atoms with Gasteiger partial charge in [-0.05, 0) is 12.8 Å². The molecule has 0 radical (unpaired) electrons. The van der Waals surface area contributed by atoms with E-state index in [1.165, 1.54) is 0 Å². The second-order valence-electron chi connectivity index (χ2n) is 4.83. The fraction of sp³-hybridized carbons (Fsp3) is 1.00. The van der Waals surface area contributed by atoms with Crippen molar-refractivity contribution in [3.05, 3.63) is 0 Å². The zero-order valence-corrected chi connectivity index (χ0v) is 8.98. The van der Waals surface area contributed by atoms with E-state index in [0.29, 0.717) is 19.1 Å². The molecule has 0 bridgehead atoms. The molecule has 0 aromatic carbocycles. The Kier molecular flexibility index (Phi) is 2.47. The second-order valence-corrected chi connectivity index (χ2v) is 4.83. The highest BCUT2D eigenvalue weighted by molar-refractivity contribution is 4.93. The molecule has 3 aliphatic heterocycles. The van der Waals surface area contributed by atoms with E-state index in [2.05, 4.69) is 0 Å². The van der Waals surface area contributed by atoms with Gasteiger partial charge >= 0.3 is 0 Å². The average molecular weight is 213 g/mol. The van der Waals surface area contributed by atoms with Gasteiger partial charge in [0.05, 0.1) is 25.4 Å². The van der Waals surface area contributed by atoms with Crippen molar-refractivity contribution in [3.8, 4) is 0 Å². The second kappa shape index (κ2) is 3.70. The largest absolute Gasteiger partial charge is 0.374 e. The molecule has 4 nitrogen and oxygen atoms in total. The fourth-order valence-corrected chi connectivity index (χ4v) is 3.12. The van der Waals surface area contributed by atoms with E-state index in [9.17, 15) is 0 Å². The van der Waals surface area contributed by atoms with Gasteiger partial charge in [0.2, 0.25) is 0 Å². The Morgan fingerprint density at radius 1 is 1.33 bits per heavy atom. The molecule has 86 valence electrons. The van der Waals surface area contributed by atoms with E-state index in [0.717, 1.165) is 32.3 Å². The highest BCUT2D eigenvalue weighted by Crippen LogP contribution is 2.43. The highest BCUT2D eigenvalue weighted by Gasteiger charge is 2.49. The van der Waals surface area contributed by atoms with E-state index >= 15 is 0 Å². The van der Waals surface area contributed by atoms with Gasteiger partial charge in [0, 0.05) is 25.3 Å². The summed E-state index contributed by atoms with van der Waals surface area (Å²) in [5, 5.41) is 0. The lowest BCUT2D eigenvalue weighted by atomic mass is 9.87. The van der Waals surface area contributed by atoms with Gasteiger partial charge in [-0.3, -0.25) is 0 Å². The monoisotopic (exact) mass is 213 g/mol. The maximum absolute atomic E-state index is 6.09. The minimum atomic E-state index is -0.270. The summed E-state index contributed by atoms with van der Waals surface area (Å²) in [7, 11) is 0. The molecular formula is C11H19NO3. The third kappa shape index (κ3) is 1.60. The Hall–Kier alpha value is -0.160. The molecule has 0 aromatic rings. The van der Waals surface area contributed by atoms with Crippen LogP contribution in [0.25, 0.3) is 0 Å². The molecule has 15 heavy (non-hydrogen) atoms. The summed E-state index contributed by atoms with van der Waals surface area (Å²) in [6.45, 7) is 2.15. The molecule has 0 saturated carbocycles. The molecular weight excluding hydrogens is 194 g/mol. The van der Waals surface area contributed by atoms with Crippen LogP contribution in [0.3, 0.4) is 0 Å². The van der Waals surface area contributed by atoms with Crippen molar-refractivity contribution in [3.63, 3.8) is 0 Å². The van der Waals surface area contributed by atoms with E-state index < -0.39 is 0 Å². The molecule has 1 spiro atoms. The van der Waals surface area contributed by atoms with Crippen LogP contribution in [0.4, 0.5) is 0 Å². The topological polar surface area (TPSA) is 53.7 Å². The number of hydrogen-bond donors (Lipinski definition) is 1. The van der Waals surface area contributed by atoms with Crippen LogP contribution in [-0.4, -0.2) is 37.8 Å². The number of ether oxygens (including phenoxy) is 3. The highest BCUT2D eigenvalue weighted by atomic mass is 16.7. The molecule has 4 heteroatoms. The maximum atomic E-state index is 6.09. The number of rotatable bonds is 1. The van der Waals surface area contributed by atoms with E-state index in [1.807, 2.05) is 0 Å². The van der Waals surface area contributed by atoms with Crippen LogP contribution in [0, 0.1) is 5.92 Å². The van der Waals surface area contributed by atoms with Crippen LogP contribution >= 0.6 is 0 Å². The molecule has 0 amide bonds. The van der Waals surface area contributed by atoms with E-state index in [1.54, 1.807) is 0 Å². The molecule has 3 aliphatic rings. The Labute approximate surface area is 90.1 Å². The maximum Gasteiger partial charge on any atom is 0.168 e. The van der Waals surface area contributed by atoms with Crippen molar-refractivity contribution in [1.82, 2.24) is 0 Å². The first-order valence-corrected chi connectivity index (χ1v) is 5.96. The lowest BCUT2D eigenvalue weighted by Gasteiger charge is -2.39. The lowest BCUT2D eigenvalue weighted by Crippen LogP contribution is -2.46. The summed E-state index contributed by atoms with van der Waals surface area (Å²) in [6, 6.07) is 0. The van der Waals surface area contributed by atoms with Crippen molar-refractivity contribution in [1.29, 1.82) is 0 Å². The summed E-state index contributed by atoms with van der Waals surface area (Å²) in [5.74, 6) is 0.221. The van der Waals surface area contributed by atoms with Gasteiger partial charge in [-0.15, -0.1) is 0 Å². The SMILES string of the molecule is NCC1OCC2OC3(CCCO3)CCC12. The van der Waals surface area contributed by atoms with E-state index in [-0.39, 0.29) is 18.0 Å². The zero-order valence-electron chi connectivity index (χ0n) is 8.98. The van der Waals surface area contributed by atoms with Crippen molar-refractivity contribution >= 4 is 0 Å². The predicted molar refractivity (Wildman–Crippen MR) is 54.3 cm³/mol. The van der Waals surface area contributed by atoms with Crippen LogP contribution in [0.2, 0.25) is 0 Å². The molecule has 4 unspecified atom stereocenters. The first-order valence-electron chi connectivity index (χ1n) is 5.96. The van der Waals surface area contributed by atoms with Gasteiger partial charge in [-0.25, -0.2) is 0 Å². The summed E-state index contributed by atoms with van der Waals surface area (Å²) in [6.07, 6.45) is 4.72. The lowest BCUT2D eigenvalue weighted by molar-refractivity contribution is -0.264. The Morgan fingerprint density at radius 3 is 3.00 bits per heavy atom. The third-order valence-electron chi connectivity index (χ3n) is 3.95. The molecule has 3 heterocycles. The van der Waals surface area contributed by atoms with Crippen molar-refractivity contribution in [2.24, 2.45) is 11.7 Å². The first kappa shape index (κ1) is 10.0. The van der Waals surface area contributed by atoms with Crippen LogP contribution in [0.15, 0.2) is 0 Å². The van der Waals surface area contributed by atoms with E-state index in [4.69, 9.17) is 19.9 Å². The zero-order chi connectivity index (χ0) is 10.3. The summed E-state index contributed by atoms with van der Waals surface area (Å²) >= 11 is 0. The average Bonchev–Trinajstić information content (AvgIpc) is 2.85. The van der Waals surface area contributed by atoms with Gasteiger partial charge in [0.25, 0.3) is 0 Å². The normalized spacial score (nSPS) is 49.8. The Morgan fingerprint density at radius 2 is 2.27 bits per heavy atom. The van der Waals surface area contributed by atoms with Crippen molar-refractivity contribution < 1.29 is 14.2 Å². The van der Waals surface area contributed by atoms with Crippen LogP contribution < -0.4 is 5.73 Å². The molecule has 3 saturated heterocycles.